The van der Waals surface area contributed by atoms with Gasteiger partial charge in [-0.2, -0.15) is 9.13 Å². The molecule has 1 aliphatic carbocycles. The molecule has 52 heavy (non-hydrogen) atoms. The van der Waals surface area contributed by atoms with Gasteiger partial charge >= 0.3 is 5.66 Å². The summed E-state index contributed by atoms with van der Waals surface area (Å²) in [5, 5.41) is 3.20. The van der Waals surface area contributed by atoms with Gasteiger partial charge in [-0.05, 0) is 55.5 Å². The predicted molar refractivity (Wildman–Crippen MR) is 195 cm³/mol. The van der Waals surface area contributed by atoms with Gasteiger partial charge < -0.3 is 4.74 Å². The first-order valence-electron chi connectivity index (χ1n) is 17.6. The second-order valence-electron chi connectivity index (χ2n) is 14.2. The minimum absolute atomic E-state index is 0.0113. The summed E-state index contributed by atoms with van der Waals surface area (Å²) in [6, 6.07) is 39.4. The molecule has 242 valence electrons. The number of fused-ring (bicyclic) bond motifs is 9. The quantitative estimate of drug-likeness (QED) is 0.169. The Morgan fingerprint density at radius 1 is 0.712 bits per heavy atom. The van der Waals surface area contributed by atoms with Crippen LogP contribution < -0.4 is 14.0 Å². The van der Waals surface area contributed by atoms with Crippen molar-refractivity contribution in [1.82, 2.24) is 19.2 Å². The van der Waals surface area contributed by atoms with Gasteiger partial charge in [0.2, 0.25) is 5.69 Å². The summed E-state index contributed by atoms with van der Waals surface area (Å²) in [5.41, 5.74) is 11.5. The highest BCUT2D eigenvalue weighted by Crippen LogP contribution is 2.56. The van der Waals surface area contributed by atoms with E-state index >= 15 is 0 Å². The number of carbonyl (C=O) groups excluding carboxylic acids is 1. The van der Waals surface area contributed by atoms with Crippen molar-refractivity contribution >= 4 is 38.5 Å². The maximum Gasteiger partial charge on any atom is 0.397 e. The first-order chi connectivity index (χ1) is 25.6. The standard InChI is InChI=1S/C44H26N6O2/c1-23-36(43-45-30-15-9-14-29-37(30)40(46-43)26-12-3-4-13-28(26)42(29)51)24(2)50-44-38-32(49(23)50)17-10-18-33(38)52-34-21-20-27-25-11-5-6-16-31(25)48(41(27)39(34)44)35-19-7-8-22-47(35)44/h3-22H,1-2H3/q+2. The topological polar surface area (TPSA) is 69.7 Å². The minimum Gasteiger partial charge on any atom is -0.456 e. The molecule has 0 fully saturated rings. The fourth-order valence-electron chi connectivity index (χ4n) is 10.0. The largest absolute Gasteiger partial charge is 0.456 e. The smallest absolute Gasteiger partial charge is 0.397 e. The molecule has 1 unspecified atom stereocenters. The van der Waals surface area contributed by atoms with Crippen molar-refractivity contribution in [2.45, 2.75) is 19.5 Å². The van der Waals surface area contributed by atoms with Crippen molar-refractivity contribution in [1.29, 1.82) is 0 Å². The number of hydrogen-bond donors (Lipinski definition) is 0. The lowest BCUT2D eigenvalue weighted by Gasteiger charge is -2.33. The lowest BCUT2D eigenvalue weighted by molar-refractivity contribution is -0.995. The van der Waals surface area contributed by atoms with Crippen LogP contribution in [0, 0.1) is 13.8 Å². The Labute approximate surface area is 296 Å². The molecule has 0 N–H and O–H groups in total. The van der Waals surface area contributed by atoms with Crippen LogP contribution in [0.25, 0.3) is 66.9 Å². The molecule has 0 saturated carbocycles. The molecule has 0 amide bonds. The average Bonchev–Trinajstić information content (AvgIpc) is 3.78. The number of ketones is 1. The lowest BCUT2D eigenvalue weighted by Crippen LogP contribution is -2.77. The van der Waals surface area contributed by atoms with Crippen molar-refractivity contribution in [2.24, 2.45) is 0 Å². The minimum atomic E-state index is -0.815. The first kappa shape index (κ1) is 26.9. The maximum atomic E-state index is 13.6. The highest BCUT2D eigenvalue weighted by molar-refractivity contribution is 6.25. The average molecular weight is 671 g/mol. The molecule has 4 aliphatic rings. The summed E-state index contributed by atoms with van der Waals surface area (Å²) in [5.74, 6) is 3.40. The summed E-state index contributed by atoms with van der Waals surface area (Å²) < 4.78 is 16.5. The van der Waals surface area contributed by atoms with E-state index in [1.807, 2.05) is 42.5 Å². The number of nitrogens with zero attached hydrogens (tertiary/aromatic N) is 6. The lowest BCUT2D eigenvalue weighted by atomic mass is 9.84. The van der Waals surface area contributed by atoms with E-state index in [9.17, 15) is 4.79 Å². The summed E-state index contributed by atoms with van der Waals surface area (Å²) in [4.78, 5) is 24.2. The number of carbonyl (C=O) groups is 1. The second kappa shape index (κ2) is 8.68. The molecule has 0 radical (unpaired) electrons. The highest BCUT2D eigenvalue weighted by atomic mass is 16.5. The van der Waals surface area contributed by atoms with E-state index in [1.165, 1.54) is 10.8 Å². The molecule has 7 heterocycles. The van der Waals surface area contributed by atoms with Crippen LogP contribution in [0.2, 0.25) is 0 Å². The Bertz CT molecular complexity index is 3220. The summed E-state index contributed by atoms with van der Waals surface area (Å²) in [6.07, 6.45) is 2.21. The third-order valence-electron chi connectivity index (χ3n) is 11.8. The summed E-state index contributed by atoms with van der Waals surface area (Å²) >= 11 is 0. The van der Waals surface area contributed by atoms with Crippen LogP contribution in [0.4, 0.5) is 0 Å². The predicted octanol–water partition coefficient (Wildman–Crippen LogP) is 7.62. The SMILES string of the molecule is Cc1c(-c2nc3c4c(cccc4n2)C(=O)c2ccccc2-3)c(C)[n+]2n1-c1cccc3c1C21c2c(ccc4c5ccccc5n(c24)-c2cccc[n+]21)O3. The van der Waals surface area contributed by atoms with Gasteiger partial charge in [0, 0.05) is 45.8 Å². The molecule has 0 bridgehead atoms. The van der Waals surface area contributed by atoms with Gasteiger partial charge in [0.25, 0.3) is 5.82 Å². The molecular weight excluding hydrogens is 645 g/mol. The number of pyridine rings is 1. The van der Waals surface area contributed by atoms with Gasteiger partial charge in [-0.25, -0.2) is 9.97 Å². The van der Waals surface area contributed by atoms with Gasteiger partial charge in [-0.1, -0.05) is 65.3 Å². The third kappa shape index (κ3) is 2.73. The molecule has 8 nitrogen and oxygen atoms in total. The van der Waals surface area contributed by atoms with Crippen molar-refractivity contribution in [2.75, 3.05) is 0 Å². The number of rotatable bonds is 1. The molecule has 8 heteroatoms. The van der Waals surface area contributed by atoms with Crippen molar-refractivity contribution in [3.63, 3.8) is 0 Å². The number of benzene rings is 5. The number of para-hydroxylation sites is 1. The van der Waals surface area contributed by atoms with E-state index < -0.39 is 5.66 Å². The second-order valence-corrected chi connectivity index (χ2v) is 14.2. The van der Waals surface area contributed by atoms with Crippen LogP contribution >= 0.6 is 0 Å². The van der Waals surface area contributed by atoms with Gasteiger partial charge in [0.05, 0.1) is 23.1 Å². The van der Waals surface area contributed by atoms with Crippen LogP contribution in [0.15, 0.2) is 121 Å². The van der Waals surface area contributed by atoms with E-state index in [0.717, 1.165) is 84.3 Å². The summed E-state index contributed by atoms with van der Waals surface area (Å²) in [7, 11) is 0. The highest BCUT2D eigenvalue weighted by Gasteiger charge is 2.70. The van der Waals surface area contributed by atoms with Crippen LogP contribution in [-0.4, -0.2) is 25.0 Å². The summed E-state index contributed by atoms with van der Waals surface area (Å²) in [6.45, 7) is 4.35. The third-order valence-corrected chi connectivity index (χ3v) is 11.8. The zero-order valence-corrected chi connectivity index (χ0v) is 28.0. The Kier molecular flexibility index (Phi) is 4.48. The maximum absolute atomic E-state index is 13.6. The molecule has 1 spiro atoms. The fourth-order valence-corrected chi connectivity index (χ4v) is 10.0. The van der Waals surface area contributed by atoms with Gasteiger partial charge in [0.15, 0.2) is 22.7 Å². The molecule has 0 saturated heterocycles. The van der Waals surface area contributed by atoms with Crippen LogP contribution in [0.5, 0.6) is 11.5 Å². The van der Waals surface area contributed by atoms with E-state index in [-0.39, 0.29) is 5.78 Å². The monoisotopic (exact) mass is 670 g/mol. The zero-order valence-electron chi connectivity index (χ0n) is 28.0. The Morgan fingerprint density at radius 3 is 2.42 bits per heavy atom. The van der Waals surface area contributed by atoms with E-state index in [2.05, 4.69) is 111 Å². The van der Waals surface area contributed by atoms with Gasteiger partial charge in [0.1, 0.15) is 33.8 Å². The first-order valence-corrected chi connectivity index (χ1v) is 17.6. The Morgan fingerprint density at radius 2 is 1.50 bits per heavy atom. The molecule has 1 atom stereocenters. The van der Waals surface area contributed by atoms with E-state index in [4.69, 9.17) is 14.7 Å². The number of hydrogen-bond acceptors (Lipinski definition) is 4. The molecular formula is C44H26N6O2+2. The number of ether oxygens (including phenoxy) is 1. The van der Waals surface area contributed by atoms with Gasteiger partial charge in [-0.3, -0.25) is 4.79 Å². The molecule has 9 aromatic rings. The van der Waals surface area contributed by atoms with E-state index in [1.54, 1.807) is 0 Å². The van der Waals surface area contributed by atoms with Crippen LogP contribution in [0.1, 0.15) is 38.4 Å². The Hall–Kier alpha value is -6.93. The molecule has 3 aliphatic heterocycles. The van der Waals surface area contributed by atoms with Crippen molar-refractivity contribution < 1.29 is 18.8 Å². The van der Waals surface area contributed by atoms with Gasteiger partial charge in [-0.15, -0.1) is 4.68 Å². The normalized spacial score (nSPS) is 16.5. The fraction of sp³-hybridized carbons (Fsp3) is 0.0682. The van der Waals surface area contributed by atoms with Crippen molar-refractivity contribution in [3.05, 3.63) is 155 Å². The van der Waals surface area contributed by atoms with Crippen molar-refractivity contribution in [3.8, 4) is 45.6 Å². The van der Waals surface area contributed by atoms with E-state index in [0.29, 0.717) is 17.0 Å². The Balaban J connectivity index is 1.20. The van der Waals surface area contributed by atoms with Crippen LogP contribution in [-0.2, 0) is 5.66 Å². The molecule has 5 aromatic carbocycles. The zero-order chi connectivity index (χ0) is 34.2. The molecule has 13 rings (SSSR count). The number of aromatic nitrogens is 6. The van der Waals surface area contributed by atoms with Crippen LogP contribution in [0.3, 0.4) is 0 Å². The molecule has 4 aromatic heterocycles.